The fraction of sp³-hybridized carbons (Fsp3) is 0.462. The number of fused-ring (bicyclic) bond motifs is 1. The van der Waals surface area contributed by atoms with Crippen molar-refractivity contribution in [3.8, 4) is 5.75 Å². The van der Waals surface area contributed by atoms with Gasteiger partial charge in [0.1, 0.15) is 5.75 Å². The lowest BCUT2D eigenvalue weighted by atomic mass is 10.1. The highest BCUT2D eigenvalue weighted by molar-refractivity contribution is 5.79. The molecule has 0 aliphatic carbocycles. The Morgan fingerprint density at radius 3 is 2.70 bits per heavy atom. The second-order valence-electron chi connectivity index (χ2n) is 8.55. The number of likely N-dealkylation sites (N-methyl/N-ethyl adjacent to an activating group) is 1. The molecule has 2 N–H and O–H groups in total. The molecule has 2 amide bonds. The van der Waals surface area contributed by atoms with Crippen molar-refractivity contribution in [3.63, 3.8) is 0 Å². The summed E-state index contributed by atoms with van der Waals surface area (Å²) in [5, 5.41) is 12.1. The first-order valence-electron chi connectivity index (χ1n) is 11.7. The summed E-state index contributed by atoms with van der Waals surface area (Å²) in [4.78, 5) is 28.7. The lowest BCUT2D eigenvalue weighted by molar-refractivity contribution is -0.129. The molecule has 1 aliphatic heterocycles. The van der Waals surface area contributed by atoms with Gasteiger partial charge in [-0.3, -0.25) is 14.5 Å². The topological polar surface area (TPSA) is 82.1 Å². The summed E-state index contributed by atoms with van der Waals surface area (Å²) in [5.41, 5.74) is 2.99. The Morgan fingerprint density at radius 2 is 1.91 bits per heavy atom. The van der Waals surface area contributed by atoms with Gasteiger partial charge in [-0.2, -0.15) is 0 Å². The zero-order valence-corrected chi connectivity index (χ0v) is 19.5. The van der Waals surface area contributed by atoms with Gasteiger partial charge in [0.25, 0.3) is 0 Å². The molecule has 0 atom stereocenters. The van der Waals surface area contributed by atoms with E-state index in [1.165, 1.54) is 4.90 Å². The van der Waals surface area contributed by atoms with Crippen LogP contribution in [-0.2, 0) is 29.1 Å². The second kappa shape index (κ2) is 13.0. The Morgan fingerprint density at radius 1 is 1.09 bits per heavy atom. The Kier molecular flexibility index (Phi) is 9.72. The van der Waals surface area contributed by atoms with Gasteiger partial charge in [-0.05, 0) is 36.5 Å². The molecule has 0 radical (unpaired) electrons. The zero-order valence-electron chi connectivity index (χ0n) is 19.5. The number of hydrogen-bond acceptors (Lipinski definition) is 5. The minimum atomic E-state index is -0.0588. The van der Waals surface area contributed by atoms with Crippen LogP contribution in [0.3, 0.4) is 0 Å². The molecular formula is C26H35N3O4. The van der Waals surface area contributed by atoms with Crippen LogP contribution in [0.1, 0.15) is 36.0 Å². The first-order chi connectivity index (χ1) is 16.0. The summed E-state index contributed by atoms with van der Waals surface area (Å²) in [6.07, 6.45) is 3.11. The van der Waals surface area contributed by atoms with Crippen LogP contribution < -0.4 is 10.1 Å². The van der Waals surface area contributed by atoms with E-state index in [0.717, 1.165) is 41.7 Å². The molecule has 7 nitrogen and oxygen atoms in total. The predicted molar refractivity (Wildman–Crippen MR) is 128 cm³/mol. The van der Waals surface area contributed by atoms with Crippen LogP contribution in [0.25, 0.3) is 0 Å². The molecule has 0 spiro atoms. The minimum Gasteiger partial charge on any atom is -0.493 e. The molecule has 0 bridgehead atoms. The van der Waals surface area contributed by atoms with Crippen molar-refractivity contribution in [2.45, 2.75) is 38.8 Å². The molecule has 0 saturated carbocycles. The maximum atomic E-state index is 12.6. The van der Waals surface area contributed by atoms with E-state index in [2.05, 4.69) is 22.3 Å². The predicted octanol–water partition coefficient (Wildman–Crippen LogP) is 2.36. The molecule has 0 fully saturated rings. The monoisotopic (exact) mass is 453 g/mol. The van der Waals surface area contributed by atoms with Gasteiger partial charge in [-0.25, -0.2) is 0 Å². The largest absolute Gasteiger partial charge is 0.493 e. The first kappa shape index (κ1) is 24.7. The molecule has 1 aliphatic rings. The van der Waals surface area contributed by atoms with Crippen molar-refractivity contribution in [1.29, 1.82) is 0 Å². The highest BCUT2D eigenvalue weighted by atomic mass is 16.5. The number of nitrogens with zero attached hydrogens (tertiary/aromatic N) is 2. The number of ether oxygens (including phenoxy) is 1. The number of nitrogens with one attached hydrogen (secondary N) is 1. The SMILES string of the molecule is CN(CCO)C(=O)Cc1ccc2c(c1)CN(Cc1ccccc1)CC(=O)NCCCCCO2. The van der Waals surface area contributed by atoms with E-state index in [1.54, 1.807) is 7.05 Å². The number of hydrogen-bond donors (Lipinski definition) is 2. The maximum absolute atomic E-state index is 12.6. The molecule has 0 unspecified atom stereocenters. The van der Waals surface area contributed by atoms with Crippen LogP contribution in [-0.4, -0.2) is 66.6 Å². The van der Waals surface area contributed by atoms with E-state index in [9.17, 15) is 9.59 Å². The fourth-order valence-corrected chi connectivity index (χ4v) is 3.91. The number of amides is 2. The molecule has 0 aromatic heterocycles. The fourth-order valence-electron chi connectivity index (χ4n) is 3.91. The van der Waals surface area contributed by atoms with Gasteiger partial charge < -0.3 is 20.1 Å². The number of carbonyl (C=O) groups is 2. The first-order valence-corrected chi connectivity index (χ1v) is 11.7. The van der Waals surface area contributed by atoms with Crippen molar-refractivity contribution >= 4 is 11.8 Å². The number of aliphatic hydroxyl groups excluding tert-OH is 1. The quantitative estimate of drug-likeness (QED) is 0.702. The average Bonchev–Trinajstić information content (AvgIpc) is 2.81. The van der Waals surface area contributed by atoms with Crippen LogP contribution in [0.5, 0.6) is 5.75 Å². The molecule has 7 heteroatoms. The Balaban J connectivity index is 1.84. The normalized spacial score (nSPS) is 15.8. The standard InChI is InChI=1S/C26H35N3O4/c1-28(13-14-30)26(32)17-22-10-11-24-23(16-22)19-29(18-21-8-4-2-5-9-21)20-25(31)27-12-6-3-7-15-33-24/h2,4-5,8-11,16,30H,3,6-7,12-15,17-20H2,1H3,(H,27,31). The number of rotatable bonds is 6. The third-order valence-electron chi connectivity index (χ3n) is 5.75. The van der Waals surface area contributed by atoms with Gasteiger partial charge in [-0.15, -0.1) is 0 Å². The minimum absolute atomic E-state index is 0.0182. The Hall–Kier alpha value is -2.90. The van der Waals surface area contributed by atoms with Gasteiger partial charge in [-0.1, -0.05) is 42.5 Å². The van der Waals surface area contributed by atoms with Gasteiger partial charge in [0, 0.05) is 38.8 Å². The Bertz CT molecular complexity index is 904. The molecule has 0 saturated heterocycles. The van der Waals surface area contributed by atoms with E-state index in [4.69, 9.17) is 9.84 Å². The molecule has 2 aromatic rings. The molecule has 33 heavy (non-hydrogen) atoms. The van der Waals surface area contributed by atoms with Crippen molar-refractivity contribution in [3.05, 3.63) is 65.2 Å². The second-order valence-corrected chi connectivity index (χ2v) is 8.55. The van der Waals surface area contributed by atoms with Gasteiger partial charge in [0.05, 0.1) is 26.2 Å². The summed E-state index contributed by atoms with van der Waals surface area (Å²) in [7, 11) is 1.69. The van der Waals surface area contributed by atoms with Crippen LogP contribution >= 0.6 is 0 Å². The summed E-state index contributed by atoms with van der Waals surface area (Å²) < 4.78 is 6.11. The van der Waals surface area contributed by atoms with E-state index in [0.29, 0.717) is 32.8 Å². The molecule has 178 valence electrons. The van der Waals surface area contributed by atoms with Crippen molar-refractivity contribution in [1.82, 2.24) is 15.1 Å². The van der Waals surface area contributed by atoms with Crippen molar-refractivity contribution in [2.24, 2.45) is 0 Å². The zero-order chi connectivity index (χ0) is 23.5. The Labute approximate surface area is 196 Å². The third kappa shape index (κ3) is 8.18. The lowest BCUT2D eigenvalue weighted by Crippen LogP contribution is -2.37. The number of carbonyl (C=O) groups excluding carboxylic acids is 2. The summed E-state index contributed by atoms with van der Waals surface area (Å²) in [5.74, 6) is 0.771. The third-order valence-corrected chi connectivity index (χ3v) is 5.75. The van der Waals surface area contributed by atoms with Crippen LogP contribution in [0, 0.1) is 0 Å². The van der Waals surface area contributed by atoms with E-state index in [-0.39, 0.29) is 31.4 Å². The molecule has 1 heterocycles. The average molecular weight is 454 g/mol. The van der Waals surface area contributed by atoms with Gasteiger partial charge >= 0.3 is 0 Å². The van der Waals surface area contributed by atoms with Gasteiger partial charge in [0.15, 0.2) is 0 Å². The van der Waals surface area contributed by atoms with Gasteiger partial charge in [0.2, 0.25) is 11.8 Å². The summed E-state index contributed by atoms with van der Waals surface area (Å²) in [6, 6.07) is 16.0. The summed E-state index contributed by atoms with van der Waals surface area (Å²) >= 11 is 0. The molecule has 3 rings (SSSR count). The van der Waals surface area contributed by atoms with E-state index < -0.39 is 0 Å². The van der Waals surface area contributed by atoms with Crippen molar-refractivity contribution < 1.29 is 19.4 Å². The number of benzene rings is 2. The smallest absolute Gasteiger partial charge is 0.234 e. The number of aliphatic hydroxyl groups is 1. The van der Waals surface area contributed by atoms with Crippen LogP contribution in [0.4, 0.5) is 0 Å². The molecule has 2 aromatic carbocycles. The lowest BCUT2D eigenvalue weighted by Gasteiger charge is -2.24. The van der Waals surface area contributed by atoms with Crippen LogP contribution in [0.2, 0.25) is 0 Å². The van der Waals surface area contributed by atoms with Crippen LogP contribution in [0.15, 0.2) is 48.5 Å². The summed E-state index contributed by atoms with van der Waals surface area (Å²) in [6.45, 7) is 3.01. The van der Waals surface area contributed by atoms with Crippen molar-refractivity contribution in [2.75, 3.05) is 39.9 Å². The molecular weight excluding hydrogens is 418 g/mol. The highest BCUT2D eigenvalue weighted by Crippen LogP contribution is 2.24. The highest BCUT2D eigenvalue weighted by Gasteiger charge is 2.17. The van der Waals surface area contributed by atoms with E-state index >= 15 is 0 Å². The van der Waals surface area contributed by atoms with E-state index in [1.807, 2.05) is 36.4 Å². The maximum Gasteiger partial charge on any atom is 0.234 e.